The fourth-order valence-electron chi connectivity index (χ4n) is 5.56. The van der Waals surface area contributed by atoms with E-state index in [1.807, 2.05) is 47.4 Å². The van der Waals surface area contributed by atoms with Gasteiger partial charge in [0.1, 0.15) is 0 Å². The molecule has 1 aliphatic carbocycles. The summed E-state index contributed by atoms with van der Waals surface area (Å²) < 4.78 is 5.15. The molecule has 0 radical (unpaired) electrons. The number of anilines is 2. The third-order valence-corrected chi connectivity index (χ3v) is 7.94. The Morgan fingerprint density at radius 2 is 1.63 bits per heavy atom. The van der Waals surface area contributed by atoms with Gasteiger partial charge in [-0.1, -0.05) is 67.9 Å². The molecule has 0 spiro atoms. The predicted molar refractivity (Wildman–Crippen MR) is 167 cm³/mol. The van der Waals surface area contributed by atoms with Crippen LogP contribution in [-0.4, -0.2) is 49.7 Å². The highest BCUT2D eigenvalue weighted by molar-refractivity contribution is 5.96. The molecule has 3 N–H and O–H groups in total. The molecule has 1 saturated carbocycles. The lowest BCUT2D eigenvalue weighted by atomic mass is 9.90. The third kappa shape index (κ3) is 8.33. The van der Waals surface area contributed by atoms with Crippen molar-refractivity contribution in [3.63, 3.8) is 0 Å². The molecule has 0 heterocycles. The average molecular weight is 557 g/mol. The molecule has 0 aromatic heterocycles. The number of nitrogens with two attached hydrogens (primary N) is 1. The van der Waals surface area contributed by atoms with Crippen LogP contribution in [0, 0.1) is 0 Å². The van der Waals surface area contributed by atoms with Gasteiger partial charge in [-0.2, -0.15) is 0 Å². The molecule has 7 nitrogen and oxygen atoms in total. The van der Waals surface area contributed by atoms with Crippen LogP contribution in [0.5, 0.6) is 0 Å². The Balaban J connectivity index is 1.58. The highest BCUT2D eigenvalue weighted by atomic mass is 16.5. The molecule has 3 aromatic rings. The SMILES string of the molecule is CCCCN(C)c1ccc(-c2cccc(CN(C(=O)OC)C3CCC(N)CC3)c2)cc1NC(=O)Cc1ccccc1. The van der Waals surface area contributed by atoms with Gasteiger partial charge in [-0.05, 0) is 72.6 Å². The maximum absolute atomic E-state index is 13.1. The lowest BCUT2D eigenvalue weighted by Crippen LogP contribution is -2.43. The van der Waals surface area contributed by atoms with Gasteiger partial charge in [-0.25, -0.2) is 4.79 Å². The van der Waals surface area contributed by atoms with Crippen molar-refractivity contribution in [1.29, 1.82) is 0 Å². The molecule has 4 rings (SSSR count). The first-order valence-electron chi connectivity index (χ1n) is 14.8. The number of amides is 2. The molecule has 0 saturated heterocycles. The summed E-state index contributed by atoms with van der Waals surface area (Å²) in [4.78, 5) is 29.8. The molecule has 0 atom stereocenters. The Labute approximate surface area is 244 Å². The minimum atomic E-state index is -0.307. The van der Waals surface area contributed by atoms with E-state index in [0.29, 0.717) is 13.0 Å². The lowest BCUT2D eigenvalue weighted by molar-refractivity contribution is -0.115. The summed E-state index contributed by atoms with van der Waals surface area (Å²) in [5, 5.41) is 3.18. The topological polar surface area (TPSA) is 87.9 Å². The number of hydrogen-bond acceptors (Lipinski definition) is 5. The largest absolute Gasteiger partial charge is 0.453 e. The van der Waals surface area contributed by atoms with Crippen molar-refractivity contribution in [3.05, 3.63) is 83.9 Å². The zero-order valence-electron chi connectivity index (χ0n) is 24.6. The van der Waals surface area contributed by atoms with Gasteiger partial charge in [0.25, 0.3) is 0 Å². The van der Waals surface area contributed by atoms with Crippen molar-refractivity contribution in [3.8, 4) is 11.1 Å². The molecule has 3 aromatic carbocycles. The third-order valence-electron chi connectivity index (χ3n) is 7.94. The van der Waals surface area contributed by atoms with Crippen LogP contribution in [0.2, 0.25) is 0 Å². The van der Waals surface area contributed by atoms with E-state index in [-0.39, 0.29) is 24.1 Å². The molecule has 1 aliphatic rings. The second-order valence-electron chi connectivity index (χ2n) is 11.1. The minimum Gasteiger partial charge on any atom is -0.453 e. The van der Waals surface area contributed by atoms with Crippen LogP contribution < -0.4 is 16.0 Å². The quantitative estimate of drug-likeness (QED) is 0.278. The van der Waals surface area contributed by atoms with Crippen LogP contribution in [0.25, 0.3) is 11.1 Å². The first kappa shape index (κ1) is 30.1. The van der Waals surface area contributed by atoms with Gasteiger partial charge in [-0.15, -0.1) is 0 Å². The molecule has 0 aliphatic heterocycles. The summed E-state index contributed by atoms with van der Waals surface area (Å²) >= 11 is 0. The number of methoxy groups -OCH3 is 1. The minimum absolute atomic E-state index is 0.0480. The number of nitrogens with one attached hydrogen (secondary N) is 1. The van der Waals surface area contributed by atoms with E-state index in [1.54, 1.807) is 0 Å². The van der Waals surface area contributed by atoms with Crippen molar-refractivity contribution in [2.24, 2.45) is 5.73 Å². The van der Waals surface area contributed by atoms with Gasteiger partial charge in [0.05, 0.1) is 24.9 Å². The number of carbonyl (C=O) groups is 2. The highest BCUT2D eigenvalue weighted by Crippen LogP contribution is 2.33. The van der Waals surface area contributed by atoms with Crippen LogP contribution in [0.4, 0.5) is 16.2 Å². The summed E-state index contributed by atoms with van der Waals surface area (Å²) in [5.74, 6) is -0.0480. The van der Waals surface area contributed by atoms with Gasteiger partial charge in [0.15, 0.2) is 0 Å². The molecule has 41 heavy (non-hydrogen) atoms. The molecule has 2 amide bonds. The molecule has 0 bridgehead atoms. The molecule has 7 heteroatoms. The number of rotatable bonds is 11. The number of carbonyl (C=O) groups excluding carboxylic acids is 2. The van der Waals surface area contributed by atoms with Gasteiger partial charge in [-0.3, -0.25) is 4.79 Å². The van der Waals surface area contributed by atoms with Crippen LogP contribution in [0.3, 0.4) is 0 Å². The van der Waals surface area contributed by atoms with Crippen LogP contribution >= 0.6 is 0 Å². The van der Waals surface area contributed by atoms with Crippen LogP contribution in [0.1, 0.15) is 56.6 Å². The first-order chi connectivity index (χ1) is 19.9. The maximum atomic E-state index is 13.1. The van der Waals surface area contributed by atoms with Gasteiger partial charge in [0, 0.05) is 32.2 Å². The highest BCUT2D eigenvalue weighted by Gasteiger charge is 2.28. The normalized spacial score (nSPS) is 16.6. The summed E-state index contributed by atoms with van der Waals surface area (Å²) in [6.07, 6.45) is 5.77. The fraction of sp³-hybridized carbons (Fsp3) is 0.412. The number of ether oxygens (including phenoxy) is 1. The Hall–Kier alpha value is -3.84. The van der Waals surface area contributed by atoms with E-state index in [9.17, 15) is 9.59 Å². The Morgan fingerprint density at radius 3 is 2.34 bits per heavy atom. The van der Waals surface area contributed by atoms with Gasteiger partial charge < -0.3 is 25.6 Å². The molecule has 218 valence electrons. The zero-order chi connectivity index (χ0) is 29.2. The second kappa shape index (κ2) is 14.7. The van der Waals surface area contributed by atoms with Crippen molar-refractivity contribution >= 4 is 23.4 Å². The average Bonchev–Trinajstić information content (AvgIpc) is 2.99. The second-order valence-corrected chi connectivity index (χ2v) is 11.1. The first-order valence-corrected chi connectivity index (χ1v) is 14.8. The lowest BCUT2D eigenvalue weighted by Gasteiger charge is -2.35. The van der Waals surface area contributed by atoms with Crippen molar-refractivity contribution in [2.45, 2.75) is 70.5 Å². The van der Waals surface area contributed by atoms with Crippen molar-refractivity contribution in [1.82, 2.24) is 4.90 Å². The summed E-state index contributed by atoms with van der Waals surface area (Å²) in [7, 11) is 3.50. The Morgan fingerprint density at radius 1 is 0.927 bits per heavy atom. The fourth-order valence-corrected chi connectivity index (χ4v) is 5.56. The number of unbranched alkanes of at least 4 members (excludes halogenated alkanes) is 1. The van der Waals surface area contributed by atoms with Gasteiger partial charge >= 0.3 is 6.09 Å². The van der Waals surface area contributed by atoms with Crippen molar-refractivity contribution in [2.75, 3.05) is 30.9 Å². The number of hydrogen-bond donors (Lipinski definition) is 2. The number of nitrogens with zero attached hydrogens (tertiary/aromatic N) is 2. The van der Waals surface area contributed by atoms with Crippen LogP contribution in [0.15, 0.2) is 72.8 Å². The van der Waals surface area contributed by atoms with E-state index in [2.05, 4.69) is 54.5 Å². The van der Waals surface area contributed by atoms with E-state index in [0.717, 1.165) is 78.7 Å². The van der Waals surface area contributed by atoms with Crippen molar-refractivity contribution < 1.29 is 14.3 Å². The summed E-state index contributed by atoms with van der Waals surface area (Å²) in [6, 6.07) is 24.6. The van der Waals surface area contributed by atoms with E-state index in [1.165, 1.54) is 7.11 Å². The smallest absolute Gasteiger partial charge is 0.410 e. The molecule has 0 unspecified atom stereocenters. The summed E-state index contributed by atoms with van der Waals surface area (Å²) in [6.45, 7) is 3.55. The standard InChI is InChI=1S/C34H44N4O3/c1-4-5-20-37(2)32-19-14-28(23-31(32)36-33(39)22-25-10-7-6-8-11-25)27-13-9-12-26(21-27)24-38(34(40)41-3)30-17-15-29(35)16-18-30/h6-14,19,21,23,29-30H,4-5,15-18,20,22,24,35H2,1-3H3,(H,36,39). The van der Waals surface area contributed by atoms with E-state index in [4.69, 9.17) is 10.5 Å². The van der Waals surface area contributed by atoms with E-state index < -0.39 is 0 Å². The molecular formula is C34H44N4O3. The van der Waals surface area contributed by atoms with Crippen LogP contribution in [-0.2, 0) is 22.5 Å². The molecular weight excluding hydrogens is 512 g/mol. The maximum Gasteiger partial charge on any atom is 0.410 e. The molecule has 1 fully saturated rings. The summed E-state index contributed by atoms with van der Waals surface area (Å²) in [5.41, 5.74) is 11.9. The van der Waals surface area contributed by atoms with Gasteiger partial charge in [0.2, 0.25) is 5.91 Å². The Bertz CT molecular complexity index is 1290. The predicted octanol–water partition coefficient (Wildman–Crippen LogP) is 6.61. The van der Waals surface area contributed by atoms with E-state index >= 15 is 0 Å². The monoisotopic (exact) mass is 556 g/mol. The Kier molecular flexibility index (Phi) is 10.8. The zero-order valence-corrected chi connectivity index (χ0v) is 24.6. The number of benzene rings is 3.